The number of primary sulfonamides is 1. The van der Waals surface area contributed by atoms with Gasteiger partial charge in [-0.3, -0.25) is 9.59 Å². The molecule has 2 amide bonds. The molecular formula is C14H14N4O4S. The summed E-state index contributed by atoms with van der Waals surface area (Å²) in [5.41, 5.74) is 0.694. The molecule has 0 fully saturated rings. The standard InChI is InChI=1S/C14H14N4O4S/c1-9(19)17-13-8-10(6-7-16-13)14(20)18-11-2-4-12(5-3-11)23(15,21)22/h2-8H,1H3,(H,18,20)(H2,15,21,22)(H,16,17,19). The van der Waals surface area contributed by atoms with Crippen LogP contribution in [-0.2, 0) is 14.8 Å². The first-order valence-electron chi connectivity index (χ1n) is 6.43. The van der Waals surface area contributed by atoms with Crippen molar-refractivity contribution in [2.45, 2.75) is 11.8 Å². The van der Waals surface area contributed by atoms with Crippen LogP contribution in [0, 0.1) is 0 Å². The molecule has 0 bridgehead atoms. The number of nitrogens with two attached hydrogens (primary N) is 1. The van der Waals surface area contributed by atoms with Gasteiger partial charge in [0.15, 0.2) is 0 Å². The molecule has 23 heavy (non-hydrogen) atoms. The Bertz CT molecular complexity index is 847. The monoisotopic (exact) mass is 334 g/mol. The molecule has 1 heterocycles. The predicted octanol–water partition coefficient (Wildman–Crippen LogP) is 0.940. The average molecular weight is 334 g/mol. The maximum absolute atomic E-state index is 12.1. The Morgan fingerprint density at radius 1 is 1.09 bits per heavy atom. The molecule has 0 aliphatic rings. The van der Waals surface area contributed by atoms with Crippen molar-refractivity contribution in [2.24, 2.45) is 5.14 Å². The summed E-state index contributed by atoms with van der Waals surface area (Å²) in [4.78, 5) is 27.0. The van der Waals surface area contributed by atoms with Gasteiger partial charge in [0.05, 0.1) is 4.90 Å². The van der Waals surface area contributed by atoms with E-state index in [1.54, 1.807) is 0 Å². The normalized spacial score (nSPS) is 10.9. The van der Waals surface area contributed by atoms with E-state index < -0.39 is 15.9 Å². The first-order valence-corrected chi connectivity index (χ1v) is 7.98. The van der Waals surface area contributed by atoms with Crippen molar-refractivity contribution in [3.05, 3.63) is 48.2 Å². The minimum atomic E-state index is -3.78. The van der Waals surface area contributed by atoms with Crippen molar-refractivity contribution in [1.29, 1.82) is 0 Å². The highest BCUT2D eigenvalue weighted by Crippen LogP contribution is 2.14. The molecule has 2 rings (SSSR count). The van der Waals surface area contributed by atoms with E-state index in [-0.39, 0.29) is 16.6 Å². The summed E-state index contributed by atoms with van der Waals surface area (Å²) in [7, 11) is -3.78. The molecule has 0 radical (unpaired) electrons. The van der Waals surface area contributed by atoms with Crippen molar-refractivity contribution in [3.63, 3.8) is 0 Å². The number of benzene rings is 1. The highest BCUT2D eigenvalue weighted by Gasteiger charge is 2.10. The van der Waals surface area contributed by atoms with Crippen LogP contribution >= 0.6 is 0 Å². The Hall–Kier alpha value is -2.78. The van der Waals surface area contributed by atoms with Gasteiger partial charge in [0.2, 0.25) is 15.9 Å². The van der Waals surface area contributed by atoms with Crippen LogP contribution in [0.2, 0.25) is 0 Å². The number of nitrogens with one attached hydrogen (secondary N) is 2. The molecule has 8 nitrogen and oxygen atoms in total. The lowest BCUT2D eigenvalue weighted by Gasteiger charge is -2.07. The molecular weight excluding hydrogens is 320 g/mol. The summed E-state index contributed by atoms with van der Waals surface area (Å²) in [5, 5.41) is 10.1. The van der Waals surface area contributed by atoms with Crippen LogP contribution in [-0.4, -0.2) is 25.2 Å². The van der Waals surface area contributed by atoms with E-state index in [2.05, 4.69) is 15.6 Å². The lowest BCUT2D eigenvalue weighted by atomic mass is 10.2. The second kappa shape index (κ2) is 6.55. The summed E-state index contributed by atoms with van der Waals surface area (Å²) in [6, 6.07) is 8.34. The van der Waals surface area contributed by atoms with Crippen molar-refractivity contribution in [2.75, 3.05) is 10.6 Å². The van der Waals surface area contributed by atoms with E-state index in [9.17, 15) is 18.0 Å². The van der Waals surface area contributed by atoms with Gasteiger partial charge in [0.1, 0.15) is 5.82 Å². The van der Waals surface area contributed by atoms with Crippen LogP contribution in [0.1, 0.15) is 17.3 Å². The second-order valence-corrected chi connectivity index (χ2v) is 6.20. The number of anilines is 2. The van der Waals surface area contributed by atoms with Crippen LogP contribution in [0.25, 0.3) is 0 Å². The number of sulfonamides is 1. The molecule has 0 saturated carbocycles. The number of hydrogen-bond donors (Lipinski definition) is 3. The summed E-state index contributed by atoms with van der Waals surface area (Å²) < 4.78 is 22.3. The zero-order chi connectivity index (χ0) is 17.0. The van der Waals surface area contributed by atoms with Gasteiger partial charge in [-0.2, -0.15) is 0 Å². The van der Waals surface area contributed by atoms with Gasteiger partial charge in [-0.05, 0) is 36.4 Å². The molecule has 9 heteroatoms. The van der Waals surface area contributed by atoms with Gasteiger partial charge in [0, 0.05) is 24.4 Å². The molecule has 0 saturated heterocycles. The Kier molecular flexibility index (Phi) is 4.72. The lowest BCUT2D eigenvalue weighted by Crippen LogP contribution is -2.14. The molecule has 0 aliphatic heterocycles. The third-order valence-corrected chi connectivity index (χ3v) is 3.70. The Morgan fingerprint density at radius 3 is 2.30 bits per heavy atom. The third kappa shape index (κ3) is 4.59. The first kappa shape index (κ1) is 16.6. The Balaban J connectivity index is 2.14. The van der Waals surface area contributed by atoms with Gasteiger partial charge in [-0.1, -0.05) is 0 Å². The molecule has 0 unspecified atom stereocenters. The number of rotatable bonds is 4. The molecule has 120 valence electrons. The predicted molar refractivity (Wildman–Crippen MR) is 84.3 cm³/mol. The zero-order valence-corrected chi connectivity index (χ0v) is 12.9. The zero-order valence-electron chi connectivity index (χ0n) is 12.1. The fraction of sp³-hybridized carbons (Fsp3) is 0.0714. The van der Waals surface area contributed by atoms with E-state index in [1.807, 2.05) is 0 Å². The number of carbonyl (C=O) groups is 2. The number of amides is 2. The number of carbonyl (C=O) groups excluding carboxylic acids is 2. The second-order valence-electron chi connectivity index (χ2n) is 4.63. The maximum atomic E-state index is 12.1. The highest BCUT2D eigenvalue weighted by atomic mass is 32.2. The number of nitrogens with zero attached hydrogens (tertiary/aromatic N) is 1. The highest BCUT2D eigenvalue weighted by molar-refractivity contribution is 7.89. The van der Waals surface area contributed by atoms with E-state index in [1.165, 1.54) is 49.5 Å². The van der Waals surface area contributed by atoms with Gasteiger partial charge < -0.3 is 10.6 Å². The SMILES string of the molecule is CC(=O)Nc1cc(C(=O)Nc2ccc(S(N)(=O)=O)cc2)ccn1. The van der Waals surface area contributed by atoms with Crippen LogP contribution in [0.3, 0.4) is 0 Å². The Morgan fingerprint density at radius 2 is 1.74 bits per heavy atom. The smallest absolute Gasteiger partial charge is 0.255 e. The number of aromatic nitrogens is 1. The Labute approximate surface area is 132 Å². The fourth-order valence-electron chi connectivity index (χ4n) is 1.75. The summed E-state index contributed by atoms with van der Waals surface area (Å²) in [6.07, 6.45) is 1.39. The van der Waals surface area contributed by atoms with Gasteiger partial charge in [0.25, 0.3) is 5.91 Å². The maximum Gasteiger partial charge on any atom is 0.255 e. The molecule has 1 aromatic heterocycles. The molecule has 0 spiro atoms. The average Bonchev–Trinajstić information content (AvgIpc) is 2.46. The summed E-state index contributed by atoms with van der Waals surface area (Å²) in [5.74, 6) is -0.467. The van der Waals surface area contributed by atoms with E-state index in [0.29, 0.717) is 11.3 Å². The lowest BCUT2D eigenvalue weighted by molar-refractivity contribution is -0.114. The van der Waals surface area contributed by atoms with Crippen LogP contribution in [0.5, 0.6) is 0 Å². The third-order valence-electron chi connectivity index (χ3n) is 2.77. The van der Waals surface area contributed by atoms with Crippen LogP contribution in [0.4, 0.5) is 11.5 Å². The van der Waals surface area contributed by atoms with E-state index in [4.69, 9.17) is 5.14 Å². The van der Waals surface area contributed by atoms with Crippen LogP contribution in [0.15, 0.2) is 47.5 Å². The fourth-order valence-corrected chi connectivity index (χ4v) is 2.27. The van der Waals surface area contributed by atoms with Crippen molar-refractivity contribution < 1.29 is 18.0 Å². The van der Waals surface area contributed by atoms with Crippen molar-refractivity contribution in [1.82, 2.24) is 4.98 Å². The first-order chi connectivity index (χ1) is 10.8. The molecule has 0 aliphatic carbocycles. The largest absolute Gasteiger partial charge is 0.322 e. The minimum Gasteiger partial charge on any atom is -0.322 e. The van der Waals surface area contributed by atoms with Crippen LogP contribution < -0.4 is 15.8 Å². The molecule has 4 N–H and O–H groups in total. The molecule has 2 aromatic rings. The minimum absolute atomic E-state index is 0.0487. The van der Waals surface area contributed by atoms with Gasteiger partial charge in [-0.25, -0.2) is 18.5 Å². The van der Waals surface area contributed by atoms with E-state index >= 15 is 0 Å². The number of pyridine rings is 1. The van der Waals surface area contributed by atoms with Gasteiger partial charge >= 0.3 is 0 Å². The van der Waals surface area contributed by atoms with E-state index in [0.717, 1.165) is 0 Å². The van der Waals surface area contributed by atoms with Crippen molar-refractivity contribution in [3.8, 4) is 0 Å². The molecule has 0 atom stereocenters. The quantitative estimate of drug-likeness (QED) is 0.765. The van der Waals surface area contributed by atoms with Gasteiger partial charge in [-0.15, -0.1) is 0 Å². The molecule has 1 aromatic carbocycles. The topological polar surface area (TPSA) is 131 Å². The summed E-state index contributed by atoms with van der Waals surface area (Å²) >= 11 is 0. The number of hydrogen-bond acceptors (Lipinski definition) is 5. The summed E-state index contributed by atoms with van der Waals surface area (Å²) in [6.45, 7) is 1.33. The van der Waals surface area contributed by atoms with Crippen molar-refractivity contribution >= 4 is 33.3 Å².